The molecule has 0 amide bonds. The van der Waals surface area contributed by atoms with Gasteiger partial charge in [0, 0.05) is 43.0 Å². The molecule has 5 aromatic rings. The Balaban J connectivity index is 1.44. The molecule has 5 aromatic heterocycles. The van der Waals surface area contributed by atoms with Gasteiger partial charge in [-0.25, -0.2) is 19.3 Å². The van der Waals surface area contributed by atoms with E-state index in [0.717, 1.165) is 66.4 Å². The lowest BCUT2D eigenvalue weighted by atomic mass is 10.1. The molecule has 1 unspecified atom stereocenters. The number of nitrogen functional groups attached to an aromatic ring is 1. The summed E-state index contributed by atoms with van der Waals surface area (Å²) in [6, 6.07) is 11.4. The van der Waals surface area contributed by atoms with Crippen molar-refractivity contribution in [2.24, 2.45) is 0 Å². The van der Waals surface area contributed by atoms with Gasteiger partial charge >= 0.3 is 0 Å². The van der Waals surface area contributed by atoms with Crippen molar-refractivity contribution in [1.82, 2.24) is 38.8 Å². The van der Waals surface area contributed by atoms with Crippen molar-refractivity contribution in [3.63, 3.8) is 0 Å². The van der Waals surface area contributed by atoms with E-state index in [0.29, 0.717) is 18.0 Å². The number of nitrogens with zero attached hydrogens (tertiary/aromatic N) is 8. The zero-order valence-electron chi connectivity index (χ0n) is 20.9. The van der Waals surface area contributed by atoms with Gasteiger partial charge in [0.2, 0.25) is 0 Å². The summed E-state index contributed by atoms with van der Waals surface area (Å²) in [7, 11) is 0. The Bertz CT molecular complexity index is 1650. The van der Waals surface area contributed by atoms with Crippen LogP contribution < -0.4 is 11.3 Å². The minimum absolute atomic E-state index is 0.117. The van der Waals surface area contributed by atoms with Crippen molar-refractivity contribution in [3.05, 3.63) is 70.5 Å². The van der Waals surface area contributed by atoms with Gasteiger partial charge in [-0.2, -0.15) is 10.2 Å². The fraction of sp³-hybridized carbons (Fsp3) is 0.346. The molecule has 0 spiro atoms. The van der Waals surface area contributed by atoms with Gasteiger partial charge < -0.3 is 14.9 Å². The molecule has 1 aliphatic heterocycles. The Morgan fingerprint density at radius 1 is 1.08 bits per heavy atom. The first-order chi connectivity index (χ1) is 18.0. The number of morpholine rings is 1. The minimum Gasteiger partial charge on any atom is -0.383 e. The van der Waals surface area contributed by atoms with E-state index in [1.54, 1.807) is 16.8 Å². The van der Waals surface area contributed by atoms with Crippen LogP contribution in [0.15, 0.2) is 53.7 Å². The topological polar surface area (TPSA) is 121 Å². The first-order valence-corrected chi connectivity index (χ1v) is 12.4. The lowest BCUT2D eigenvalue weighted by molar-refractivity contribution is 0.0358. The van der Waals surface area contributed by atoms with E-state index >= 15 is 0 Å². The molecule has 0 aliphatic carbocycles. The van der Waals surface area contributed by atoms with E-state index in [9.17, 15) is 4.79 Å². The molecule has 11 nitrogen and oxygen atoms in total. The number of hydrogen-bond acceptors (Lipinski definition) is 8. The Kier molecular flexibility index (Phi) is 5.93. The number of nitrogens with two attached hydrogens (primary N) is 1. The van der Waals surface area contributed by atoms with Crippen LogP contribution >= 0.6 is 0 Å². The predicted octanol–water partition coefficient (Wildman–Crippen LogP) is 2.13. The van der Waals surface area contributed by atoms with Crippen LogP contribution in [-0.2, 0) is 11.3 Å². The fourth-order valence-corrected chi connectivity index (χ4v) is 5.10. The highest BCUT2D eigenvalue weighted by molar-refractivity contribution is 5.88. The lowest BCUT2D eigenvalue weighted by Gasteiger charge is -2.26. The monoisotopic (exact) mass is 499 g/mol. The molecular formula is C26H29N9O2. The molecule has 1 atom stereocenters. The Morgan fingerprint density at radius 3 is 2.76 bits per heavy atom. The number of ether oxygens (including phenoxy) is 1. The van der Waals surface area contributed by atoms with Crippen molar-refractivity contribution in [2.45, 2.75) is 26.4 Å². The molecule has 37 heavy (non-hydrogen) atoms. The summed E-state index contributed by atoms with van der Waals surface area (Å²) < 4.78 is 11.0. The van der Waals surface area contributed by atoms with Crippen molar-refractivity contribution < 1.29 is 4.74 Å². The summed E-state index contributed by atoms with van der Waals surface area (Å²) in [5.41, 5.74) is 11.2. The minimum atomic E-state index is -0.184. The van der Waals surface area contributed by atoms with E-state index < -0.39 is 0 Å². The van der Waals surface area contributed by atoms with E-state index in [1.807, 2.05) is 29.9 Å². The van der Waals surface area contributed by atoms with Gasteiger partial charge in [-0.05, 0) is 38.1 Å². The third-order valence-electron chi connectivity index (χ3n) is 7.06. The van der Waals surface area contributed by atoms with Crippen LogP contribution in [0.2, 0.25) is 0 Å². The van der Waals surface area contributed by atoms with Crippen LogP contribution in [0, 0.1) is 6.92 Å². The van der Waals surface area contributed by atoms with Crippen molar-refractivity contribution in [1.29, 1.82) is 0 Å². The third-order valence-corrected chi connectivity index (χ3v) is 7.06. The molecule has 0 aromatic carbocycles. The average molecular weight is 500 g/mol. The largest absolute Gasteiger partial charge is 0.383 e. The SMILES string of the molecule is Cc1nn(C(C)c2cc3ccccn3c2-c2ccc(=O)n(CCN3CCOCC3)n2)c2ncnc(N)c12. The molecule has 1 fully saturated rings. The van der Waals surface area contributed by atoms with Crippen LogP contribution in [0.5, 0.6) is 0 Å². The fourth-order valence-electron chi connectivity index (χ4n) is 5.10. The normalized spacial score (nSPS) is 15.5. The van der Waals surface area contributed by atoms with E-state index in [2.05, 4.69) is 38.3 Å². The Labute approximate surface area is 213 Å². The summed E-state index contributed by atoms with van der Waals surface area (Å²) in [5, 5.41) is 10.4. The molecule has 1 aliphatic rings. The predicted molar refractivity (Wildman–Crippen MR) is 140 cm³/mol. The van der Waals surface area contributed by atoms with Gasteiger partial charge in [-0.15, -0.1) is 0 Å². The smallest absolute Gasteiger partial charge is 0.266 e. The number of anilines is 1. The Morgan fingerprint density at radius 2 is 1.92 bits per heavy atom. The van der Waals surface area contributed by atoms with Crippen molar-refractivity contribution >= 4 is 22.4 Å². The second-order valence-electron chi connectivity index (χ2n) is 9.34. The zero-order chi connectivity index (χ0) is 25.5. The molecule has 6 heterocycles. The number of aromatic nitrogens is 7. The van der Waals surface area contributed by atoms with Crippen LogP contribution in [0.1, 0.15) is 24.2 Å². The van der Waals surface area contributed by atoms with Crippen LogP contribution in [-0.4, -0.2) is 71.7 Å². The number of rotatable bonds is 6. The number of aryl methyl sites for hydroxylation is 1. The van der Waals surface area contributed by atoms with Gasteiger partial charge in [0.1, 0.15) is 17.8 Å². The molecule has 190 valence electrons. The summed E-state index contributed by atoms with van der Waals surface area (Å²) in [4.78, 5) is 23.6. The van der Waals surface area contributed by atoms with Crippen molar-refractivity contribution in [3.8, 4) is 11.4 Å². The van der Waals surface area contributed by atoms with E-state index in [1.165, 1.54) is 6.33 Å². The zero-order valence-corrected chi connectivity index (χ0v) is 20.9. The second-order valence-corrected chi connectivity index (χ2v) is 9.34. The van der Waals surface area contributed by atoms with Crippen LogP contribution in [0.4, 0.5) is 5.82 Å². The van der Waals surface area contributed by atoms with Crippen LogP contribution in [0.25, 0.3) is 27.9 Å². The molecule has 1 saturated heterocycles. The standard InChI is InChI=1S/C26H29N9O2/c1-17-23-25(27)28-16-29-26(23)35(30-17)18(2)20-15-19-5-3-4-8-33(19)24(20)21-6-7-22(36)34(31-21)10-9-32-11-13-37-14-12-32/h3-8,15-16,18H,9-14H2,1-2H3,(H2,27,28,29). The average Bonchev–Trinajstić information content (AvgIpc) is 3.47. The van der Waals surface area contributed by atoms with Gasteiger partial charge in [0.25, 0.3) is 5.56 Å². The summed E-state index contributed by atoms with van der Waals surface area (Å²) in [6.45, 7) is 8.42. The van der Waals surface area contributed by atoms with E-state index in [4.69, 9.17) is 20.7 Å². The second kappa shape index (κ2) is 9.41. The maximum atomic E-state index is 12.7. The first kappa shape index (κ1) is 23.3. The first-order valence-electron chi connectivity index (χ1n) is 12.4. The number of pyridine rings is 1. The van der Waals surface area contributed by atoms with Crippen molar-refractivity contribution in [2.75, 3.05) is 38.6 Å². The summed E-state index contributed by atoms with van der Waals surface area (Å²) >= 11 is 0. The van der Waals surface area contributed by atoms with Gasteiger partial charge in [-0.3, -0.25) is 9.69 Å². The number of hydrogen-bond donors (Lipinski definition) is 1. The number of fused-ring (bicyclic) bond motifs is 2. The highest BCUT2D eigenvalue weighted by Gasteiger charge is 2.24. The van der Waals surface area contributed by atoms with Gasteiger partial charge in [0.05, 0.1) is 42.6 Å². The molecule has 2 N–H and O–H groups in total. The summed E-state index contributed by atoms with van der Waals surface area (Å²) in [5.74, 6) is 0.414. The van der Waals surface area contributed by atoms with Gasteiger partial charge in [-0.1, -0.05) is 6.07 Å². The Hall–Kier alpha value is -4.09. The molecule has 0 radical (unpaired) electrons. The highest BCUT2D eigenvalue weighted by Crippen LogP contribution is 2.34. The van der Waals surface area contributed by atoms with E-state index in [-0.39, 0.29) is 11.6 Å². The molecule has 11 heteroatoms. The lowest BCUT2D eigenvalue weighted by Crippen LogP contribution is -2.39. The summed E-state index contributed by atoms with van der Waals surface area (Å²) in [6.07, 6.45) is 3.48. The molecule has 0 saturated carbocycles. The maximum Gasteiger partial charge on any atom is 0.266 e. The maximum absolute atomic E-state index is 12.7. The van der Waals surface area contributed by atoms with Crippen LogP contribution in [0.3, 0.4) is 0 Å². The highest BCUT2D eigenvalue weighted by atomic mass is 16.5. The molecular weight excluding hydrogens is 470 g/mol. The molecule has 6 rings (SSSR count). The third kappa shape index (κ3) is 4.15. The molecule has 0 bridgehead atoms. The quantitative estimate of drug-likeness (QED) is 0.377. The van der Waals surface area contributed by atoms with Gasteiger partial charge in [0.15, 0.2) is 5.65 Å².